The van der Waals surface area contributed by atoms with Crippen molar-refractivity contribution in [2.24, 2.45) is 5.73 Å². The predicted octanol–water partition coefficient (Wildman–Crippen LogP) is 2.47. The summed E-state index contributed by atoms with van der Waals surface area (Å²) in [4.78, 5) is 0. The number of rotatable bonds is 2. The van der Waals surface area contributed by atoms with E-state index in [0.29, 0.717) is 16.3 Å². The fourth-order valence-corrected chi connectivity index (χ4v) is 2.15. The minimum Gasteiger partial charge on any atom is -0.489 e. The molecule has 1 aliphatic carbocycles. The summed E-state index contributed by atoms with van der Waals surface area (Å²) in [6.07, 6.45) is 3.17. The van der Waals surface area contributed by atoms with Crippen LogP contribution in [0, 0.1) is 11.3 Å². The normalized spacial score (nSPS) is 24.1. The van der Waals surface area contributed by atoms with Gasteiger partial charge in [0.15, 0.2) is 0 Å². The summed E-state index contributed by atoms with van der Waals surface area (Å²) in [5.74, 6) is 0.686. The Bertz CT molecular complexity index is 428. The Kier molecular flexibility index (Phi) is 3.33. The second kappa shape index (κ2) is 4.73. The van der Waals surface area contributed by atoms with Crippen LogP contribution in [0.2, 0.25) is 5.02 Å². The number of hydrogen-bond donors (Lipinski definition) is 1. The topological polar surface area (TPSA) is 59.0 Å². The maximum Gasteiger partial charge on any atom is 0.121 e. The molecule has 1 saturated carbocycles. The number of nitrogens with zero attached hydrogens (tertiary/aromatic N) is 1. The van der Waals surface area contributed by atoms with Crippen LogP contribution >= 0.6 is 11.6 Å². The van der Waals surface area contributed by atoms with Gasteiger partial charge < -0.3 is 10.5 Å². The lowest BCUT2D eigenvalue weighted by Gasteiger charge is -2.18. The largest absolute Gasteiger partial charge is 0.489 e. The third-order valence-electron chi connectivity index (χ3n) is 2.85. The third kappa shape index (κ3) is 2.29. The van der Waals surface area contributed by atoms with Crippen LogP contribution in [0.3, 0.4) is 0 Å². The summed E-state index contributed by atoms with van der Waals surface area (Å²) in [6.45, 7) is 0. The van der Waals surface area contributed by atoms with E-state index in [-0.39, 0.29) is 12.1 Å². The maximum absolute atomic E-state index is 8.74. The Morgan fingerprint density at radius 1 is 1.44 bits per heavy atom. The fraction of sp³-hybridized carbons (Fsp3) is 0.417. The molecule has 0 radical (unpaired) electrons. The molecular formula is C12H13ClN2O. The van der Waals surface area contributed by atoms with E-state index in [1.54, 1.807) is 18.2 Å². The van der Waals surface area contributed by atoms with Crippen molar-refractivity contribution in [3.05, 3.63) is 28.8 Å². The third-order valence-corrected chi connectivity index (χ3v) is 3.16. The number of benzene rings is 1. The molecule has 2 atom stereocenters. The van der Waals surface area contributed by atoms with Crippen LogP contribution in [0.4, 0.5) is 0 Å². The average Bonchev–Trinajstić information content (AvgIpc) is 2.65. The molecule has 3 nitrogen and oxygen atoms in total. The molecule has 0 aliphatic heterocycles. The zero-order chi connectivity index (χ0) is 11.5. The van der Waals surface area contributed by atoms with Gasteiger partial charge in [0.25, 0.3) is 0 Å². The molecule has 0 aromatic heterocycles. The first-order valence-corrected chi connectivity index (χ1v) is 5.70. The van der Waals surface area contributed by atoms with E-state index >= 15 is 0 Å². The zero-order valence-corrected chi connectivity index (χ0v) is 9.57. The second-order valence-electron chi connectivity index (χ2n) is 4.00. The Balaban J connectivity index is 2.11. The summed E-state index contributed by atoms with van der Waals surface area (Å²) in [6, 6.07) is 7.21. The maximum atomic E-state index is 8.74. The number of nitriles is 1. The van der Waals surface area contributed by atoms with Gasteiger partial charge in [0.05, 0.1) is 10.6 Å². The number of halogens is 1. The van der Waals surface area contributed by atoms with Crippen molar-refractivity contribution in [1.29, 1.82) is 5.26 Å². The van der Waals surface area contributed by atoms with Crippen LogP contribution in [-0.4, -0.2) is 12.1 Å². The van der Waals surface area contributed by atoms with Crippen molar-refractivity contribution in [2.45, 2.75) is 31.4 Å². The molecule has 2 rings (SSSR count). The Morgan fingerprint density at radius 2 is 2.25 bits per heavy atom. The molecule has 84 valence electrons. The molecule has 0 saturated heterocycles. The quantitative estimate of drug-likeness (QED) is 0.858. The SMILES string of the molecule is N#Cc1ccc(OC2CCCC2N)cc1Cl. The van der Waals surface area contributed by atoms with Crippen LogP contribution in [0.1, 0.15) is 24.8 Å². The summed E-state index contributed by atoms with van der Waals surface area (Å²) >= 11 is 5.92. The van der Waals surface area contributed by atoms with Crippen molar-refractivity contribution >= 4 is 11.6 Å². The number of nitrogens with two attached hydrogens (primary N) is 1. The second-order valence-corrected chi connectivity index (χ2v) is 4.41. The molecule has 16 heavy (non-hydrogen) atoms. The van der Waals surface area contributed by atoms with Gasteiger partial charge in [-0.3, -0.25) is 0 Å². The first-order chi connectivity index (χ1) is 7.70. The van der Waals surface area contributed by atoms with E-state index in [1.807, 2.05) is 6.07 Å². The van der Waals surface area contributed by atoms with Gasteiger partial charge in [-0.05, 0) is 31.4 Å². The molecule has 2 N–H and O–H groups in total. The fourth-order valence-electron chi connectivity index (χ4n) is 1.94. The molecule has 4 heteroatoms. The monoisotopic (exact) mass is 236 g/mol. The highest BCUT2D eigenvalue weighted by atomic mass is 35.5. The highest BCUT2D eigenvalue weighted by Gasteiger charge is 2.25. The van der Waals surface area contributed by atoms with Gasteiger partial charge >= 0.3 is 0 Å². The number of hydrogen-bond acceptors (Lipinski definition) is 3. The lowest BCUT2D eigenvalue weighted by molar-refractivity contribution is 0.191. The minimum atomic E-state index is 0.0732. The first-order valence-electron chi connectivity index (χ1n) is 5.32. The van der Waals surface area contributed by atoms with E-state index in [1.165, 1.54) is 0 Å². The lowest BCUT2D eigenvalue weighted by Crippen LogP contribution is -2.33. The smallest absolute Gasteiger partial charge is 0.121 e. The minimum absolute atomic E-state index is 0.0732. The molecule has 0 heterocycles. The van der Waals surface area contributed by atoms with Crippen molar-refractivity contribution < 1.29 is 4.74 Å². The van der Waals surface area contributed by atoms with Gasteiger partial charge in [0.1, 0.15) is 17.9 Å². The van der Waals surface area contributed by atoms with Crippen LogP contribution in [0.5, 0.6) is 5.75 Å². The molecular weight excluding hydrogens is 224 g/mol. The van der Waals surface area contributed by atoms with Gasteiger partial charge in [-0.15, -0.1) is 0 Å². The average molecular weight is 237 g/mol. The van der Waals surface area contributed by atoms with Crippen molar-refractivity contribution in [2.75, 3.05) is 0 Å². The Labute approximate surface area is 99.8 Å². The molecule has 0 spiro atoms. The molecule has 1 fully saturated rings. The van der Waals surface area contributed by atoms with E-state index < -0.39 is 0 Å². The summed E-state index contributed by atoms with van der Waals surface area (Å²) in [7, 11) is 0. The highest BCUT2D eigenvalue weighted by molar-refractivity contribution is 6.31. The van der Waals surface area contributed by atoms with Gasteiger partial charge in [0.2, 0.25) is 0 Å². The summed E-state index contributed by atoms with van der Waals surface area (Å²) < 4.78 is 5.75. The lowest BCUT2D eigenvalue weighted by atomic mass is 10.2. The van der Waals surface area contributed by atoms with Crippen molar-refractivity contribution in [3.63, 3.8) is 0 Å². The zero-order valence-electron chi connectivity index (χ0n) is 8.82. The van der Waals surface area contributed by atoms with Crippen molar-refractivity contribution in [1.82, 2.24) is 0 Å². The molecule has 0 amide bonds. The van der Waals surface area contributed by atoms with Crippen molar-refractivity contribution in [3.8, 4) is 11.8 Å². The van der Waals surface area contributed by atoms with E-state index in [0.717, 1.165) is 19.3 Å². The molecule has 0 bridgehead atoms. The summed E-state index contributed by atoms with van der Waals surface area (Å²) in [5, 5.41) is 9.16. The summed E-state index contributed by atoms with van der Waals surface area (Å²) in [5.41, 5.74) is 6.37. The standard InChI is InChI=1S/C12H13ClN2O/c13-10-6-9(5-4-8(10)7-14)16-12-3-1-2-11(12)15/h4-6,11-12H,1-3,15H2. The van der Waals surface area contributed by atoms with E-state index in [2.05, 4.69) is 0 Å². The Morgan fingerprint density at radius 3 is 2.81 bits per heavy atom. The van der Waals surface area contributed by atoms with E-state index in [9.17, 15) is 0 Å². The van der Waals surface area contributed by atoms with Gasteiger partial charge in [0, 0.05) is 12.1 Å². The first kappa shape index (κ1) is 11.3. The Hall–Kier alpha value is -1.24. The highest BCUT2D eigenvalue weighted by Crippen LogP contribution is 2.26. The molecule has 2 unspecified atom stereocenters. The van der Waals surface area contributed by atoms with Crippen LogP contribution in [0.15, 0.2) is 18.2 Å². The molecule has 1 aromatic carbocycles. The van der Waals surface area contributed by atoms with Gasteiger partial charge in [-0.2, -0.15) is 5.26 Å². The van der Waals surface area contributed by atoms with Crippen LogP contribution in [0.25, 0.3) is 0 Å². The van der Waals surface area contributed by atoms with Crippen LogP contribution < -0.4 is 10.5 Å². The number of ether oxygens (including phenoxy) is 1. The molecule has 1 aromatic rings. The van der Waals surface area contributed by atoms with Gasteiger partial charge in [-0.25, -0.2) is 0 Å². The molecule has 1 aliphatic rings. The van der Waals surface area contributed by atoms with Gasteiger partial charge in [-0.1, -0.05) is 11.6 Å². The van der Waals surface area contributed by atoms with E-state index in [4.69, 9.17) is 27.3 Å². The van der Waals surface area contributed by atoms with Crippen LogP contribution in [-0.2, 0) is 0 Å². The predicted molar refractivity (Wildman–Crippen MR) is 62.4 cm³/mol.